The first-order valence-corrected chi connectivity index (χ1v) is 9.19. The molecule has 3 aliphatic rings. The standard InChI is InChI=1S/C19H27N3O2/c23-18(22-9-6-19(7-10-22)5-8-20-15-19)16-3-1-2-4-17(16)21-11-13-24-14-12-21/h1-4,20H,5-15H2. The number of hydrogen-bond donors (Lipinski definition) is 1. The van der Waals surface area contributed by atoms with Crippen LogP contribution in [-0.2, 0) is 4.74 Å². The summed E-state index contributed by atoms with van der Waals surface area (Å²) >= 11 is 0. The lowest BCUT2D eigenvalue weighted by Crippen LogP contribution is -2.44. The summed E-state index contributed by atoms with van der Waals surface area (Å²) in [7, 11) is 0. The highest BCUT2D eigenvalue weighted by Crippen LogP contribution is 2.37. The fraction of sp³-hybridized carbons (Fsp3) is 0.632. The van der Waals surface area contributed by atoms with Gasteiger partial charge in [0.25, 0.3) is 5.91 Å². The molecule has 0 unspecified atom stereocenters. The van der Waals surface area contributed by atoms with E-state index in [0.29, 0.717) is 5.41 Å². The van der Waals surface area contributed by atoms with Gasteiger partial charge in [0, 0.05) is 38.4 Å². The van der Waals surface area contributed by atoms with Crippen LogP contribution in [-0.4, -0.2) is 63.3 Å². The number of morpholine rings is 1. The Bertz CT molecular complexity index is 582. The minimum atomic E-state index is 0.192. The van der Waals surface area contributed by atoms with Crippen molar-refractivity contribution in [2.75, 3.05) is 57.4 Å². The third-order valence-corrected chi connectivity index (χ3v) is 5.93. The molecule has 3 aliphatic heterocycles. The molecule has 5 heteroatoms. The van der Waals surface area contributed by atoms with Crippen LogP contribution in [0, 0.1) is 5.41 Å². The Morgan fingerprint density at radius 2 is 1.79 bits per heavy atom. The number of amides is 1. The second-order valence-electron chi connectivity index (χ2n) is 7.34. The highest BCUT2D eigenvalue weighted by atomic mass is 16.5. The molecule has 1 N–H and O–H groups in total. The normalized spacial score (nSPS) is 23.7. The number of nitrogens with one attached hydrogen (secondary N) is 1. The fourth-order valence-electron chi connectivity index (χ4n) is 4.31. The van der Waals surface area contributed by atoms with Crippen LogP contribution in [0.5, 0.6) is 0 Å². The van der Waals surface area contributed by atoms with E-state index in [1.54, 1.807) is 0 Å². The van der Waals surface area contributed by atoms with Crippen LogP contribution in [0.4, 0.5) is 5.69 Å². The average molecular weight is 329 g/mol. The van der Waals surface area contributed by atoms with Gasteiger partial charge in [-0.3, -0.25) is 4.79 Å². The molecule has 0 saturated carbocycles. The molecule has 0 bridgehead atoms. The Morgan fingerprint density at radius 1 is 1.04 bits per heavy atom. The SMILES string of the molecule is O=C(c1ccccc1N1CCOCC1)N1CCC2(CCNC2)CC1. The smallest absolute Gasteiger partial charge is 0.255 e. The summed E-state index contributed by atoms with van der Waals surface area (Å²) in [6, 6.07) is 8.06. The lowest BCUT2D eigenvalue weighted by molar-refractivity contribution is 0.0607. The summed E-state index contributed by atoms with van der Waals surface area (Å²) in [4.78, 5) is 17.5. The molecule has 4 rings (SSSR count). The maximum Gasteiger partial charge on any atom is 0.255 e. The van der Waals surface area contributed by atoms with E-state index in [0.717, 1.165) is 76.6 Å². The maximum absolute atomic E-state index is 13.1. The number of benzene rings is 1. The highest BCUT2D eigenvalue weighted by molar-refractivity contribution is 5.99. The number of ether oxygens (including phenoxy) is 1. The van der Waals surface area contributed by atoms with Crippen molar-refractivity contribution in [2.24, 2.45) is 5.41 Å². The van der Waals surface area contributed by atoms with Crippen LogP contribution in [0.3, 0.4) is 0 Å². The number of anilines is 1. The van der Waals surface area contributed by atoms with Crippen molar-refractivity contribution in [3.8, 4) is 0 Å². The van der Waals surface area contributed by atoms with Crippen LogP contribution in [0.15, 0.2) is 24.3 Å². The Kier molecular flexibility index (Phi) is 4.46. The molecule has 1 aromatic carbocycles. The number of piperidine rings is 1. The summed E-state index contributed by atoms with van der Waals surface area (Å²) < 4.78 is 5.45. The molecule has 5 nitrogen and oxygen atoms in total. The zero-order valence-electron chi connectivity index (χ0n) is 14.3. The molecule has 3 heterocycles. The Balaban J connectivity index is 1.48. The zero-order valence-corrected chi connectivity index (χ0v) is 14.3. The number of carbonyl (C=O) groups excluding carboxylic acids is 1. The maximum atomic E-state index is 13.1. The molecular weight excluding hydrogens is 302 g/mol. The predicted molar refractivity (Wildman–Crippen MR) is 94.5 cm³/mol. The molecule has 3 fully saturated rings. The van der Waals surface area contributed by atoms with Gasteiger partial charge in [0.15, 0.2) is 0 Å². The van der Waals surface area contributed by atoms with E-state index in [4.69, 9.17) is 4.74 Å². The van der Waals surface area contributed by atoms with E-state index < -0.39 is 0 Å². The second kappa shape index (κ2) is 6.73. The van der Waals surface area contributed by atoms with Gasteiger partial charge in [-0.2, -0.15) is 0 Å². The molecule has 1 aromatic rings. The zero-order chi connectivity index (χ0) is 16.4. The molecule has 0 aromatic heterocycles. The van der Waals surface area contributed by atoms with Crippen molar-refractivity contribution in [1.29, 1.82) is 0 Å². The van der Waals surface area contributed by atoms with E-state index in [2.05, 4.69) is 21.2 Å². The van der Waals surface area contributed by atoms with Crippen LogP contribution >= 0.6 is 0 Å². The molecule has 130 valence electrons. The van der Waals surface area contributed by atoms with Crippen LogP contribution < -0.4 is 10.2 Å². The highest BCUT2D eigenvalue weighted by Gasteiger charge is 2.38. The van der Waals surface area contributed by atoms with Crippen LogP contribution in [0.1, 0.15) is 29.6 Å². The largest absolute Gasteiger partial charge is 0.378 e. The number of nitrogens with zero attached hydrogens (tertiary/aromatic N) is 2. The van der Waals surface area contributed by atoms with Crippen molar-refractivity contribution in [3.05, 3.63) is 29.8 Å². The van der Waals surface area contributed by atoms with Crippen molar-refractivity contribution in [2.45, 2.75) is 19.3 Å². The summed E-state index contributed by atoms with van der Waals surface area (Å²) in [6.07, 6.45) is 3.52. The summed E-state index contributed by atoms with van der Waals surface area (Å²) in [5.41, 5.74) is 2.36. The number of para-hydroxylation sites is 1. The fourth-order valence-corrected chi connectivity index (χ4v) is 4.31. The summed E-state index contributed by atoms with van der Waals surface area (Å²) in [5, 5.41) is 3.49. The molecular formula is C19H27N3O2. The Labute approximate surface area is 144 Å². The molecule has 1 amide bonds. The van der Waals surface area contributed by atoms with Gasteiger partial charge in [0.2, 0.25) is 0 Å². The molecule has 0 radical (unpaired) electrons. The topological polar surface area (TPSA) is 44.8 Å². The minimum Gasteiger partial charge on any atom is -0.378 e. The first kappa shape index (κ1) is 15.9. The van der Waals surface area contributed by atoms with E-state index >= 15 is 0 Å². The van der Waals surface area contributed by atoms with Gasteiger partial charge in [-0.1, -0.05) is 12.1 Å². The van der Waals surface area contributed by atoms with Gasteiger partial charge < -0.3 is 19.9 Å². The van der Waals surface area contributed by atoms with Crippen molar-refractivity contribution >= 4 is 11.6 Å². The van der Waals surface area contributed by atoms with Crippen molar-refractivity contribution < 1.29 is 9.53 Å². The molecule has 0 aliphatic carbocycles. The number of likely N-dealkylation sites (tertiary alicyclic amines) is 1. The van der Waals surface area contributed by atoms with Crippen LogP contribution in [0.25, 0.3) is 0 Å². The minimum absolute atomic E-state index is 0.192. The van der Waals surface area contributed by atoms with E-state index in [9.17, 15) is 4.79 Å². The monoisotopic (exact) mass is 329 g/mol. The lowest BCUT2D eigenvalue weighted by atomic mass is 9.78. The van der Waals surface area contributed by atoms with Gasteiger partial charge in [-0.05, 0) is 43.4 Å². The Hall–Kier alpha value is -1.59. The molecule has 3 saturated heterocycles. The summed E-state index contributed by atoms with van der Waals surface area (Å²) in [5.74, 6) is 0.192. The second-order valence-corrected chi connectivity index (χ2v) is 7.34. The molecule has 0 atom stereocenters. The van der Waals surface area contributed by atoms with Crippen LogP contribution in [0.2, 0.25) is 0 Å². The first-order valence-electron chi connectivity index (χ1n) is 9.19. The van der Waals surface area contributed by atoms with Gasteiger partial charge in [0.05, 0.1) is 18.8 Å². The number of hydrogen-bond acceptors (Lipinski definition) is 4. The third kappa shape index (κ3) is 3.03. The average Bonchev–Trinajstić information content (AvgIpc) is 3.10. The van der Waals surface area contributed by atoms with Crippen molar-refractivity contribution in [3.63, 3.8) is 0 Å². The first-order chi connectivity index (χ1) is 11.8. The van der Waals surface area contributed by atoms with Gasteiger partial charge in [-0.25, -0.2) is 0 Å². The molecule has 24 heavy (non-hydrogen) atoms. The lowest BCUT2D eigenvalue weighted by Gasteiger charge is -2.39. The van der Waals surface area contributed by atoms with Gasteiger partial charge in [-0.15, -0.1) is 0 Å². The van der Waals surface area contributed by atoms with E-state index in [1.165, 1.54) is 6.42 Å². The van der Waals surface area contributed by atoms with Gasteiger partial charge >= 0.3 is 0 Å². The quantitative estimate of drug-likeness (QED) is 0.898. The third-order valence-electron chi connectivity index (χ3n) is 5.93. The number of rotatable bonds is 2. The van der Waals surface area contributed by atoms with E-state index in [-0.39, 0.29) is 5.91 Å². The summed E-state index contributed by atoms with van der Waals surface area (Å²) in [6.45, 7) is 7.23. The number of carbonyl (C=O) groups is 1. The van der Waals surface area contributed by atoms with Crippen molar-refractivity contribution in [1.82, 2.24) is 10.2 Å². The Morgan fingerprint density at radius 3 is 2.50 bits per heavy atom. The predicted octanol–water partition coefficient (Wildman–Crippen LogP) is 1.74. The van der Waals surface area contributed by atoms with E-state index in [1.807, 2.05) is 18.2 Å². The molecule has 1 spiro atoms. The van der Waals surface area contributed by atoms with Gasteiger partial charge in [0.1, 0.15) is 0 Å².